The van der Waals surface area contributed by atoms with Gasteiger partial charge in [0.2, 0.25) is 0 Å². The van der Waals surface area contributed by atoms with E-state index in [0.717, 1.165) is 17.2 Å². The normalized spacial score (nSPS) is 17.0. The first kappa shape index (κ1) is 17.0. The molecule has 1 aromatic heterocycles. The van der Waals surface area contributed by atoms with Gasteiger partial charge in [-0.1, -0.05) is 0 Å². The molecule has 0 spiro atoms. The number of benzene rings is 1. The molecule has 0 saturated carbocycles. The summed E-state index contributed by atoms with van der Waals surface area (Å²) >= 11 is 0. The minimum atomic E-state index is -4.60. The summed E-state index contributed by atoms with van der Waals surface area (Å²) in [5, 5.41) is 3.66. The quantitative estimate of drug-likeness (QED) is 0.765. The van der Waals surface area contributed by atoms with E-state index in [2.05, 4.69) is 5.10 Å². The van der Waals surface area contributed by atoms with Crippen molar-refractivity contribution in [3.63, 3.8) is 0 Å². The van der Waals surface area contributed by atoms with E-state index in [1.54, 1.807) is 0 Å². The lowest BCUT2D eigenvalue weighted by atomic mass is 10.1. The molecular formula is C17H15F4N3O2. The molecule has 2 aliphatic rings. The number of fused-ring (bicyclic) bond motifs is 1. The van der Waals surface area contributed by atoms with Crippen LogP contribution < -0.4 is 0 Å². The van der Waals surface area contributed by atoms with Crippen LogP contribution in [0.5, 0.6) is 0 Å². The van der Waals surface area contributed by atoms with Gasteiger partial charge in [0.1, 0.15) is 5.82 Å². The van der Waals surface area contributed by atoms with Gasteiger partial charge in [0.05, 0.1) is 30.2 Å². The number of rotatable bonds is 2. The van der Waals surface area contributed by atoms with Crippen molar-refractivity contribution in [3.8, 4) is 5.69 Å². The van der Waals surface area contributed by atoms with Gasteiger partial charge in [-0.05, 0) is 25.0 Å². The number of halogens is 4. The Morgan fingerprint density at radius 3 is 2.62 bits per heavy atom. The van der Waals surface area contributed by atoms with E-state index >= 15 is 0 Å². The van der Waals surface area contributed by atoms with Crippen molar-refractivity contribution < 1.29 is 27.1 Å². The predicted octanol–water partition coefficient (Wildman–Crippen LogP) is 2.95. The number of amides is 1. The molecule has 4 rings (SSSR count). The number of aromatic nitrogens is 2. The van der Waals surface area contributed by atoms with Crippen molar-refractivity contribution in [2.24, 2.45) is 0 Å². The first-order valence-electron chi connectivity index (χ1n) is 8.21. The van der Waals surface area contributed by atoms with Crippen LogP contribution in [0, 0.1) is 5.82 Å². The Balaban J connectivity index is 1.75. The Kier molecular flexibility index (Phi) is 3.98. The van der Waals surface area contributed by atoms with Crippen LogP contribution in [0.2, 0.25) is 0 Å². The number of hydrogen-bond donors (Lipinski definition) is 0. The highest BCUT2D eigenvalue weighted by Crippen LogP contribution is 2.35. The van der Waals surface area contributed by atoms with E-state index in [-0.39, 0.29) is 42.1 Å². The largest absolute Gasteiger partial charge is 0.435 e. The zero-order valence-corrected chi connectivity index (χ0v) is 13.6. The number of ether oxygens (including phenoxy) is 1. The van der Waals surface area contributed by atoms with Crippen LogP contribution in [-0.2, 0) is 23.9 Å². The predicted molar refractivity (Wildman–Crippen MR) is 82.4 cm³/mol. The minimum Gasteiger partial charge on any atom is -0.375 e. The second kappa shape index (κ2) is 6.08. The van der Waals surface area contributed by atoms with Crippen LogP contribution in [0.1, 0.15) is 33.7 Å². The summed E-state index contributed by atoms with van der Waals surface area (Å²) in [6, 6.07) is 3.73. The van der Waals surface area contributed by atoms with Gasteiger partial charge in [-0.2, -0.15) is 18.3 Å². The minimum absolute atomic E-state index is 0.0332. The van der Waals surface area contributed by atoms with E-state index in [4.69, 9.17) is 4.74 Å². The summed E-state index contributed by atoms with van der Waals surface area (Å²) in [5.74, 6) is -1.20. The summed E-state index contributed by atoms with van der Waals surface area (Å²) in [7, 11) is 0. The molecule has 3 heterocycles. The summed E-state index contributed by atoms with van der Waals surface area (Å²) < 4.78 is 60.5. The van der Waals surface area contributed by atoms with Gasteiger partial charge in [0.25, 0.3) is 5.91 Å². The Morgan fingerprint density at radius 1 is 1.23 bits per heavy atom. The molecule has 0 atom stereocenters. The highest BCUT2D eigenvalue weighted by molar-refractivity contribution is 5.95. The molecule has 26 heavy (non-hydrogen) atoms. The number of carbonyl (C=O) groups excluding carboxylic acids is 1. The standard InChI is InChI=1S/C17H15F4N3O2/c18-13-8-10(2-3-11(13)16(25)23-5-1-6-23)24-14-9-26-7-4-12(14)15(22-24)17(19,20)21/h2-3,8H,1,4-7,9H2. The number of likely N-dealkylation sites (tertiary alicyclic amines) is 1. The molecule has 0 radical (unpaired) electrons. The van der Waals surface area contributed by atoms with Crippen molar-refractivity contribution >= 4 is 5.91 Å². The lowest BCUT2D eigenvalue weighted by Gasteiger charge is -2.31. The molecule has 0 unspecified atom stereocenters. The third-order valence-corrected chi connectivity index (χ3v) is 4.66. The van der Waals surface area contributed by atoms with Crippen LogP contribution in [0.15, 0.2) is 18.2 Å². The molecule has 1 amide bonds. The number of nitrogens with zero attached hydrogens (tertiary/aromatic N) is 3. The Bertz CT molecular complexity index is 872. The van der Waals surface area contributed by atoms with Gasteiger partial charge in [-0.15, -0.1) is 0 Å². The molecule has 0 aliphatic carbocycles. The second-order valence-corrected chi connectivity index (χ2v) is 6.30. The molecule has 5 nitrogen and oxygen atoms in total. The van der Waals surface area contributed by atoms with Crippen molar-refractivity contribution in [3.05, 3.63) is 46.5 Å². The second-order valence-electron chi connectivity index (χ2n) is 6.30. The fourth-order valence-corrected chi connectivity index (χ4v) is 3.18. The molecular weight excluding hydrogens is 354 g/mol. The molecule has 9 heteroatoms. The summed E-state index contributed by atoms with van der Waals surface area (Å²) in [6.07, 6.45) is -3.62. The van der Waals surface area contributed by atoms with Crippen LogP contribution >= 0.6 is 0 Å². The summed E-state index contributed by atoms with van der Waals surface area (Å²) in [5.41, 5.74) is -0.617. The van der Waals surface area contributed by atoms with E-state index in [1.165, 1.54) is 17.0 Å². The molecule has 1 fully saturated rings. The van der Waals surface area contributed by atoms with Gasteiger partial charge in [0, 0.05) is 24.7 Å². The zero-order valence-electron chi connectivity index (χ0n) is 13.6. The maximum absolute atomic E-state index is 14.4. The monoisotopic (exact) mass is 369 g/mol. The van der Waals surface area contributed by atoms with Crippen LogP contribution in [-0.4, -0.2) is 40.3 Å². The van der Waals surface area contributed by atoms with Gasteiger partial charge in [-0.25, -0.2) is 9.07 Å². The molecule has 2 aromatic rings. The Hall–Kier alpha value is -2.42. The van der Waals surface area contributed by atoms with Crippen molar-refractivity contribution in [2.45, 2.75) is 25.6 Å². The van der Waals surface area contributed by atoms with E-state index in [0.29, 0.717) is 13.1 Å². The maximum atomic E-state index is 14.4. The Morgan fingerprint density at radius 2 is 2.00 bits per heavy atom. The molecule has 138 valence electrons. The summed E-state index contributed by atoms with van der Waals surface area (Å²) in [6.45, 7) is 1.31. The van der Waals surface area contributed by atoms with Crippen LogP contribution in [0.4, 0.5) is 17.6 Å². The Labute approximate surface area is 146 Å². The van der Waals surface area contributed by atoms with Crippen molar-refractivity contribution in [1.82, 2.24) is 14.7 Å². The lowest BCUT2D eigenvalue weighted by molar-refractivity contribution is -0.142. The first-order chi connectivity index (χ1) is 12.4. The maximum Gasteiger partial charge on any atom is 0.435 e. The van der Waals surface area contributed by atoms with Crippen molar-refractivity contribution in [2.75, 3.05) is 19.7 Å². The molecule has 0 bridgehead atoms. The zero-order chi connectivity index (χ0) is 18.5. The van der Waals surface area contributed by atoms with Gasteiger partial charge in [-0.3, -0.25) is 4.79 Å². The van der Waals surface area contributed by atoms with E-state index in [9.17, 15) is 22.4 Å². The smallest absolute Gasteiger partial charge is 0.375 e. The number of hydrogen-bond acceptors (Lipinski definition) is 3. The van der Waals surface area contributed by atoms with Crippen molar-refractivity contribution in [1.29, 1.82) is 0 Å². The topological polar surface area (TPSA) is 47.4 Å². The average Bonchev–Trinajstić information content (AvgIpc) is 2.92. The fraction of sp³-hybridized carbons (Fsp3) is 0.412. The van der Waals surface area contributed by atoms with Crippen LogP contribution in [0.3, 0.4) is 0 Å². The van der Waals surface area contributed by atoms with Gasteiger partial charge < -0.3 is 9.64 Å². The fourth-order valence-electron chi connectivity index (χ4n) is 3.18. The first-order valence-corrected chi connectivity index (χ1v) is 8.21. The SMILES string of the molecule is O=C(c1ccc(-n2nc(C(F)(F)F)c3c2COCC3)cc1F)N1CCC1. The van der Waals surface area contributed by atoms with Gasteiger partial charge >= 0.3 is 6.18 Å². The van der Waals surface area contributed by atoms with E-state index < -0.39 is 23.6 Å². The number of alkyl halides is 3. The highest BCUT2D eigenvalue weighted by Gasteiger charge is 2.40. The number of carbonyl (C=O) groups is 1. The lowest BCUT2D eigenvalue weighted by Crippen LogP contribution is -2.42. The third-order valence-electron chi connectivity index (χ3n) is 4.66. The molecule has 1 saturated heterocycles. The van der Waals surface area contributed by atoms with Gasteiger partial charge in [0.15, 0.2) is 5.69 Å². The molecule has 0 N–H and O–H groups in total. The highest BCUT2D eigenvalue weighted by atomic mass is 19.4. The third kappa shape index (κ3) is 2.76. The average molecular weight is 369 g/mol. The molecule has 1 aromatic carbocycles. The van der Waals surface area contributed by atoms with Crippen LogP contribution in [0.25, 0.3) is 5.69 Å². The summed E-state index contributed by atoms with van der Waals surface area (Å²) in [4.78, 5) is 13.7. The van der Waals surface area contributed by atoms with E-state index in [1.807, 2.05) is 0 Å². The molecule has 2 aliphatic heterocycles.